The summed E-state index contributed by atoms with van der Waals surface area (Å²) in [5, 5.41) is 3.05. The summed E-state index contributed by atoms with van der Waals surface area (Å²) >= 11 is 0. The highest BCUT2D eigenvalue weighted by atomic mass is 16.5. The molecule has 0 aliphatic carbocycles. The van der Waals surface area contributed by atoms with E-state index in [0.717, 1.165) is 18.5 Å². The number of pyridine rings is 1. The van der Waals surface area contributed by atoms with Crippen LogP contribution in [0.3, 0.4) is 0 Å². The van der Waals surface area contributed by atoms with Crippen molar-refractivity contribution < 1.29 is 9.53 Å². The Hall–Kier alpha value is -2.54. The van der Waals surface area contributed by atoms with Crippen molar-refractivity contribution >= 4 is 11.9 Å². The molecule has 0 radical (unpaired) electrons. The van der Waals surface area contributed by atoms with Crippen LogP contribution in [0.1, 0.15) is 12.0 Å². The fourth-order valence-electron chi connectivity index (χ4n) is 3.70. The summed E-state index contributed by atoms with van der Waals surface area (Å²) in [6, 6.07) is 5.62. The average Bonchev–Trinajstić information content (AvgIpc) is 3.15. The number of piperidine rings is 1. The number of carbonyl (C=O) groups excluding carboxylic acids is 1. The number of fused-ring (bicyclic) bond motifs is 1. The molecule has 2 saturated heterocycles. The van der Waals surface area contributed by atoms with Crippen molar-refractivity contribution in [1.82, 2.24) is 20.3 Å². The van der Waals surface area contributed by atoms with Crippen LogP contribution in [0, 0.1) is 11.8 Å². The molecular formula is C18H21N5O2. The van der Waals surface area contributed by atoms with Gasteiger partial charge >= 0.3 is 0 Å². The molecule has 130 valence electrons. The first-order valence-electron chi connectivity index (χ1n) is 8.61. The summed E-state index contributed by atoms with van der Waals surface area (Å²) in [4.78, 5) is 27.6. The van der Waals surface area contributed by atoms with Gasteiger partial charge in [0.05, 0.1) is 12.0 Å². The molecule has 2 fully saturated rings. The summed E-state index contributed by atoms with van der Waals surface area (Å²) in [7, 11) is 0. The normalized spacial score (nSPS) is 25.4. The van der Waals surface area contributed by atoms with Crippen molar-refractivity contribution in [3.8, 4) is 0 Å². The lowest BCUT2D eigenvalue weighted by atomic mass is 9.82. The van der Waals surface area contributed by atoms with Gasteiger partial charge < -0.3 is 15.0 Å². The number of anilines is 1. The Labute approximate surface area is 146 Å². The van der Waals surface area contributed by atoms with Crippen LogP contribution in [0.25, 0.3) is 0 Å². The van der Waals surface area contributed by atoms with E-state index in [1.54, 1.807) is 30.9 Å². The van der Waals surface area contributed by atoms with E-state index < -0.39 is 0 Å². The standard InChI is InChI=1S/C18H21N5O2/c24-17(22-10-13-3-1-5-19-9-13)15-11-23(18-20-6-2-7-21-18)12-16-14(15)4-8-25-16/h1-3,5-7,9,14-16H,4,8,10-12H2,(H,22,24)/t14-,15-,16+/m0/s1. The van der Waals surface area contributed by atoms with E-state index in [1.165, 1.54) is 0 Å². The Morgan fingerprint density at radius 3 is 2.92 bits per heavy atom. The summed E-state index contributed by atoms with van der Waals surface area (Å²) in [6.07, 6.45) is 7.94. The van der Waals surface area contributed by atoms with E-state index in [-0.39, 0.29) is 23.8 Å². The fourth-order valence-corrected chi connectivity index (χ4v) is 3.70. The Kier molecular flexibility index (Phi) is 4.56. The van der Waals surface area contributed by atoms with Gasteiger partial charge in [0, 0.05) is 56.9 Å². The minimum absolute atomic E-state index is 0.0602. The van der Waals surface area contributed by atoms with Crippen LogP contribution in [0.2, 0.25) is 0 Å². The van der Waals surface area contributed by atoms with Gasteiger partial charge in [0.1, 0.15) is 0 Å². The first kappa shape index (κ1) is 16.0. The van der Waals surface area contributed by atoms with Crippen LogP contribution >= 0.6 is 0 Å². The van der Waals surface area contributed by atoms with Gasteiger partial charge in [-0.15, -0.1) is 0 Å². The molecule has 2 aromatic heterocycles. The van der Waals surface area contributed by atoms with Crippen molar-refractivity contribution in [2.45, 2.75) is 19.1 Å². The SMILES string of the molecule is O=C(NCc1cccnc1)[C@H]1CN(c2ncccn2)C[C@H]2OCC[C@@H]12. The number of carbonyl (C=O) groups is 1. The van der Waals surface area contributed by atoms with Gasteiger partial charge in [-0.3, -0.25) is 9.78 Å². The summed E-state index contributed by atoms with van der Waals surface area (Å²) < 4.78 is 5.86. The van der Waals surface area contributed by atoms with E-state index in [9.17, 15) is 4.79 Å². The molecular weight excluding hydrogens is 318 g/mol. The molecule has 4 heterocycles. The molecule has 0 aromatic carbocycles. The molecule has 2 aromatic rings. The van der Waals surface area contributed by atoms with E-state index in [2.05, 4.69) is 25.2 Å². The van der Waals surface area contributed by atoms with Gasteiger partial charge in [0.25, 0.3) is 0 Å². The monoisotopic (exact) mass is 339 g/mol. The molecule has 7 nitrogen and oxygen atoms in total. The molecule has 1 amide bonds. The maximum atomic E-state index is 12.8. The molecule has 0 bridgehead atoms. The molecule has 1 N–H and O–H groups in total. The lowest BCUT2D eigenvalue weighted by Crippen LogP contribution is -2.53. The van der Waals surface area contributed by atoms with Gasteiger partial charge in [-0.2, -0.15) is 0 Å². The molecule has 0 saturated carbocycles. The average molecular weight is 339 g/mol. The zero-order chi connectivity index (χ0) is 17.1. The summed E-state index contributed by atoms with van der Waals surface area (Å²) in [5.74, 6) is 0.849. The maximum Gasteiger partial charge on any atom is 0.225 e. The lowest BCUT2D eigenvalue weighted by molar-refractivity contribution is -0.128. The van der Waals surface area contributed by atoms with Crippen LogP contribution in [0.4, 0.5) is 5.95 Å². The molecule has 7 heteroatoms. The van der Waals surface area contributed by atoms with E-state index in [0.29, 0.717) is 25.6 Å². The predicted molar refractivity (Wildman–Crippen MR) is 91.7 cm³/mol. The van der Waals surface area contributed by atoms with Gasteiger partial charge in [-0.1, -0.05) is 6.07 Å². The number of hydrogen-bond donors (Lipinski definition) is 1. The van der Waals surface area contributed by atoms with E-state index in [4.69, 9.17) is 4.74 Å². The number of rotatable bonds is 4. The predicted octanol–water partition coefficient (Wildman–Crippen LogP) is 1.03. The molecule has 25 heavy (non-hydrogen) atoms. The number of amides is 1. The van der Waals surface area contributed by atoms with Gasteiger partial charge in [-0.25, -0.2) is 9.97 Å². The lowest BCUT2D eigenvalue weighted by Gasteiger charge is -2.39. The quantitative estimate of drug-likeness (QED) is 0.896. The third-order valence-electron chi connectivity index (χ3n) is 4.96. The Balaban J connectivity index is 1.47. The van der Waals surface area contributed by atoms with Crippen molar-refractivity contribution in [2.24, 2.45) is 11.8 Å². The Morgan fingerprint density at radius 2 is 2.12 bits per heavy atom. The van der Waals surface area contributed by atoms with Crippen molar-refractivity contribution in [3.63, 3.8) is 0 Å². The smallest absolute Gasteiger partial charge is 0.225 e. The van der Waals surface area contributed by atoms with Gasteiger partial charge in [0.15, 0.2) is 0 Å². The van der Waals surface area contributed by atoms with Crippen molar-refractivity contribution in [3.05, 3.63) is 48.5 Å². The summed E-state index contributed by atoms with van der Waals surface area (Å²) in [6.45, 7) is 2.56. The van der Waals surface area contributed by atoms with Crippen LogP contribution < -0.4 is 10.2 Å². The van der Waals surface area contributed by atoms with Crippen molar-refractivity contribution in [2.75, 3.05) is 24.6 Å². The third-order valence-corrected chi connectivity index (χ3v) is 4.96. The highest BCUT2D eigenvalue weighted by Gasteiger charge is 2.44. The van der Waals surface area contributed by atoms with Gasteiger partial charge in [-0.05, 0) is 24.1 Å². The molecule has 3 atom stereocenters. The molecule has 2 aliphatic heterocycles. The minimum atomic E-state index is -0.123. The highest BCUT2D eigenvalue weighted by molar-refractivity contribution is 5.80. The zero-order valence-electron chi connectivity index (χ0n) is 13.9. The first-order chi connectivity index (χ1) is 12.3. The number of hydrogen-bond acceptors (Lipinski definition) is 6. The van der Waals surface area contributed by atoms with Crippen molar-refractivity contribution in [1.29, 1.82) is 0 Å². The maximum absolute atomic E-state index is 12.8. The molecule has 4 rings (SSSR count). The van der Waals surface area contributed by atoms with Crippen LogP contribution in [-0.4, -0.2) is 46.7 Å². The largest absolute Gasteiger partial charge is 0.376 e. The number of aromatic nitrogens is 3. The first-order valence-corrected chi connectivity index (χ1v) is 8.61. The topological polar surface area (TPSA) is 80.2 Å². The Bertz CT molecular complexity index is 712. The van der Waals surface area contributed by atoms with Gasteiger partial charge in [0.2, 0.25) is 11.9 Å². The second-order valence-corrected chi connectivity index (χ2v) is 6.50. The second kappa shape index (κ2) is 7.14. The molecule has 2 aliphatic rings. The molecule has 0 spiro atoms. The number of ether oxygens (including phenoxy) is 1. The zero-order valence-corrected chi connectivity index (χ0v) is 13.9. The van der Waals surface area contributed by atoms with E-state index in [1.807, 2.05) is 12.1 Å². The summed E-state index contributed by atoms with van der Waals surface area (Å²) in [5.41, 5.74) is 0.995. The highest BCUT2D eigenvalue weighted by Crippen LogP contribution is 2.34. The van der Waals surface area contributed by atoms with Crippen LogP contribution in [0.15, 0.2) is 43.0 Å². The third kappa shape index (κ3) is 3.46. The minimum Gasteiger partial charge on any atom is -0.376 e. The molecule has 0 unspecified atom stereocenters. The fraction of sp³-hybridized carbons (Fsp3) is 0.444. The van der Waals surface area contributed by atoms with E-state index >= 15 is 0 Å². The number of nitrogens with zero attached hydrogens (tertiary/aromatic N) is 4. The number of nitrogens with one attached hydrogen (secondary N) is 1. The Morgan fingerprint density at radius 1 is 1.24 bits per heavy atom. The van der Waals surface area contributed by atoms with Crippen LogP contribution in [0.5, 0.6) is 0 Å². The second-order valence-electron chi connectivity index (χ2n) is 6.50. The van der Waals surface area contributed by atoms with Crippen LogP contribution in [-0.2, 0) is 16.1 Å².